The van der Waals surface area contributed by atoms with Crippen molar-refractivity contribution in [3.8, 4) is 0 Å². The van der Waals surface area contributed by atoms with Crippen molar-refractivity contribution in [3.05, 3.63) is 34.9 Å². The minimum Gasteiger partial charge on any atom is -0.0881 e. The lowest BCUT2D eigenvalue weighted by Crippen LogP contribution is -2.25. The number of rotatable bonds is 4. The van der Waals surface area contributed by atoms with Gasteiger partial charge in [0.25, 0.3) is 0 Å². The van der Waals surface area contributed by atoms with Gasteiger partial charge in [0.1, 0.15) is 0 Å². The highest BCUT2D eigenvalue weighted by atomic mass is 79.9. The molecule has 84 valence electrons. The fraction of sp³-hybridized carbons (Fsp3) is 0.538. The average molecular weight is 290 g/mol. The summed E-state index contributed by atoms with van der Waals surface area (Å²) in [4.78, 5) is 0.510. The molecule has 0 nitrogen and oxygen atoms in total. The van der Waals surface area contributed by atoms with E-state index in [1.54, 1.807) is 0 Å². The Bertz CT molecular complexity index is 303. The lowest BCUT2D eigenvalue weighted by Gasteiger charge is -2.29. The molecule has 0 amide bonds. The van der Waals surface area contributed by atoms with Gasteiger partial charge in [-0.15, -0.1) is 0 Å². The molecule has 0 aliphatic heterocycles. The molecule has 15 heavy (non-hydrogen) atoms. The van der Waals surface area contributed by atoms with Crippen molar-refractivity contribution in [2.24, 2.45) is 5.41 Å². The maximum Gasteiger partial charge on any atom is 0.0406 e. The number of hydrogen-bond donors (Lipinski definition) is 0. The SMILES string of the molecule is CCC(C)(C)C(Br)Cc1ccc(Cl)cc1. The van der Waals surface area contributed by atoms with Crippen LogP contribution < -0.4 is 0 Å². The van der Waals surface area contributed by atoms with Crippen LogP contribution in [-0.4, -0.2) is 4.83 Å². The first-order valence-corrected chi connectivity index (χ1v) is 6.63. The Balaban J connectivity index is 2.66. The molecular weight excluding hydrogens is 272 g/mol. The third kappa shape index (κ3) is 3.81. The van der Waals surface area contributed by atoms with Crippen LogP contribution in [0.4, 0.5) is 0 Å². The van der Waals surface area contributed by atoms with Crippen LogP contribution in [0.5, 0.6) is 0 Å². The molecule has 0 fully saturated rings. The van der Waals surface area contributed by atoms with E-state index in [1.807, 2.05) is 12.1 Å². The molecule has 0 heterocycles. The van der Waals surface area contributed by atoms with Crippen molar-refractivity contribution in [3.63, 3.8) is 0 Å². The summed E-state index contributed by atoms with van der Waals surface area (Å²) in [5, 5.41) is 0.805. The zero-order valence-corrected chi connectivity index (χ0v) is 11.9. The van der Waals surface area contributed by atoms with E-state index in [0.29, 0.717) is 10.2 Å². The van der Waals surface area contributed by atoms with E-state index >= 15 is 0 Å². The van der Waals surface area contributed by atoms with E-state index < -0.39 is 0 Å². The quantitative estimate of drug-likeness (QED) is 0.678. The highest BCUT2D eigenvalue weighted by Crippen LogP contribution is 2.32. The van der Waals surface area contributed by atoms with Crippen LogP contribution >= 0.6 is 27.5 Å². The van der Waals surface area contributed by atoms with E-state index in [1.165, 1.54) is 12.0 Å². The Morgan fingerprint density at radius 1 is 1.27 bits per heavy atom. The molecule has 0 saturated heterocycles. The van der Waals surface area contributed by atoms with Gasteiger partial charge in [-0.3, -0.25) is 0 Å². The summed E-state index contributed by atoms with van der Waals surface area (Å²) >= 11 is 9.64. The zero-order chi connectivity index (χ0) is 11.5. The number of hydrogen-bond acceptors (Lipinski definition) is 0. The summed E-state index contributed by atoms with van der Waals surface area (Å²) in [6, 6.07) is 8.11. The summed E-state index contributed by atoms with van der Waals surface area (Å²) in [5.74, 6) is 0. The Kier molecular flexibility index (Phi) is 4.66. The Hall–Kier alpha value is -0.0100. The van der Waals surface area contributed by atoms with E-state index in [-0.39, 0.29) is 0 Å². The molecular formula is C13H18BrCl. The number of benzene rings is 1. The summed E-state index contributed by atoms with van der Waals surface area (Å²) < 4.78 is 0. The van der Waals surface area contributed by atoms with Gasteiger partial charge in [0, 0.05) is 9.85 Å². The molecule has 0 saturated carbocycles. The fourth-order valence-electron chi connectivity index (χ4n) is 1.33. The van der Waals surface area contributed by atoms with Gasteiger partial charge in [0.2, 0.25) is 0 Å². The highest BCUT2D eigenvalue weighted by molar-refractivity contribution is 9.09. The Morgan fingerprint density at radius 2 is 1.80 bits per heavy atom. The Labute approximate surface area is 106 Å². The van der Waals surface area contributed by atoms with Crippen LogP contribution in [0, 0.1) is 5.41 Å². The molecule has 1 aromatic rings. The normalized spacial score (nSPS) is 13.9. The molecule has 1 unspecified atom stereocenters. The molecule has 0 spiro atoms. The van der Waals surface area contributed by atoms with Gasteiger partial charge >= 0.3 is 0 Å². The van der Waals surface area contributed by atoms with Gasteiger partial charge in [-0.2, -0.15) is 0 Å². The predicted molar refractivity (Wildman–Crippen MR) is 71.9 cm³/mol. The first-order valence-electron chi connectivity index (χ1n) is 5.34. The fourth-order valence-corrected chi connectivity index (χ4v) is 2.15. The van der Waals surface area contributed by atoms with Gasteiger partial charge in [0.05, 0.1) is 0 Å². The van der Waals surface area contributed by atoms with Crippen molar-refractivity contribution >= 4 is 27.5 Å². The molecule has 0 aliphatic carbocycles. The summed E-state index contributed by atoms with van der Waals surface area (Å²) in [6.45, 7) is 6.82. The first-order chi connectivity index (χ1) is 6.95. The molecule has 0 bridgehead atoms. The van der Waals surface area contributed by atoms with Crippen LogP contribution in [0.3, 0.4) is 0 Å². The van der Waals surface area contributed by atoms with Crippen molar-refractivity contribution in [1.82, 2.24) is 0 Å². The molecule has 1 rings (SSSR count). The standard InChI is InChI=1S/C13H18BrCl/c1-4-13(2,3)12(14)9-10-5-7-11(15)8-6-10/h5-8,12H,4,9H2,1-3H3. The van der Waals surface area contributed by atoms with Crippen molar-refractivity contribution in [2.45, 2.75) is 38.4 Å². The predicted octanol–water partition coefficient (Wildman–Crippen LogP) is 5.08. The topological polar surface area (TPSA) is 0 Å². The molecule has 0 aromatic heterocycles. The first kappa shape index (κ1) is 13.1. The van der Waals surface area contributed by atoms with E-state index in [9.17, 15) is 0 Å². The molecule has 2 heteroatoms. The lowest BCUT2D eigenvalue weighted by atomic mass is 9.84. The van der Waals surface area contributed by atoms with Crippen LogP contribution in [0.25, 0.3) is 0 Å². The largest absolute Gasteiger partial charge is 0.0881 e. The van der Waals surface area contributed by atoms with Crippen molar-refractivity contribution in [2.75, 3.05) is 0 Å². The van der Waals surface area contributed by atoms with Gasteiger partial charge in [0.15, 0.2) is 0 Å². The smallest absolute Gasteiger partial charge is 0.0406 e. The van der Waals surface area contributed by atoms with Crippen LogP contribution in [0.2, 0.25) is 5.02 Å². The molecule has 1 aromatic carbocycles. The molecule has 1 atom stereocenters. The monoisotopic (exact) mass is 288 g/mol. The van der Waals surface area contributed by atoms with E-state index in [4.69, 9.17) is 11.6 Å². The summed E-state index contributed by atoms with van der Waals surface area (Å²) in [5.41, 5.74) is 1.67. The van der Waals surface area contributed by atoms with Crippen molar-refractivity contribution in [1.29, 1.82) is 0 Å². The maximum atomic E-state index is 5.85. The number of alkyl halides is 1. The van der Waals surface area contributed by atoms with Crippen LogP contribution in [-0.2, 0) is 6.42 Å². The maximum absolute atomic E-state index is 5.85. The van der Waals surface area contributed by atoms with E-state index in [2.05, 4.69) is 48.8 Å². The van der Waals surface area contributed by atoms with Gasteiger partial charge < -0.3 is 0 Å². The minimum atomic E-state index is 0.333. The van der Waals surface area contributed by atoms with Crippen LogP contribution in [0.15, 0.2) is 24.3 Å². The second kappa shape index (κ2) is 5.36. The third-order valence-electron chi connectivity index (χ3n) is 3.09. The van der Waals surface area contributed by atoms with Crippen LogP contribution in [0.1, 0.15) is 32.8 Å². The lowest BCUT2D eigenvalue weighted by molar-refractivity contribution is 0.340. The summed E-state index contributed by atoms with van der Waals surface area (Å²) in [7, 11) is 0. The second-order valence-corrected chi connectivity index (χ2v) is 6.18. The third-order valence-corrected chi connectivity index (χ3v) is 4.90. The Morgan fingerprint density at radius 3 is 2.27 bits per heavy atom. The zero-order valence-electron chi connectivity index (χ0n) is 9.56. The van der Waals surface area contributed by atoms with E-state index in [0.717, 1.165) is 11.4 Å². The second-order valence-electron chi connectivity index (χ2n) is 4.64. The van der Waals surface area contributed by atoms with Crippen molar-refractivity contribution < 1.29 is 0 Å². The molecule has 0 N–H and O–H groups in total. The minimum absolute atomic E-state index is 0.333. The number of halogens is 2. The average Bonchev–Trinajstić information content (AvgIpc) is 2.21. The summed E-state index contributed by atoms with van der Waals surface area (Å²) in [6.07, 6.45) is 2.23. The van der Waals surface area contributed by atoms with Gasteiger partial charge in [-0.25, -0.2) is 0 Å². The highest BCUT2D eigenvalue weighted by Gasteiger charge is 2.25. The molecule has 0 radical (unpaired) electrons. The van der Waals surface area contributed by atoms with Gasteiger partial charge in [-0.1, -0.05) is 60.4 Å². The molecule has 0 aliphatic rings. The van der Waals surface area contributed by atoms with Gasteiger partial charge in [-0.05, 0) is 36.0 Å².